The minimum atomic E-state index is -0.886. The second kappa shape index (κ2) is 7.33. The highest BCUT2D eigenvalue weighted by Crippen LogP contribution is 2.20. The minimum absolute atomic E-state index is 0.0235. The molecule has 2 unspecified atom stereocenters. The number of nitrogens with zero attached hydrogens (tertiary/aromatic N) is 1. The fourth-order valence-corrected chi connectivity index (χ4v) is 2.46. The van der Waals surface area contributed by atoms with Crippen molar-refractivity contribution in [2.45, 2.75) is 39.2 Å². The van der Waals surface area contributed by atoms with Crippen LogP contribution < -0.4 is 5.32 Å². The molecule has 0 bridgehead atoms. The monoisotopic (exact) mass is 272 g/mol. The van der Waals surface area contributed by atoms with E-state index in [1.54, 1.807) is 4.90 Å². The SMILES string of the molecule is CC(C)C(CNC(=O)N1CCCC1CCO)C(=O)O. The van der Waals surface area contributed by atoms with Crippen molar-refractivity contribution in [3.63, 3.8) is 0 Å². The number of amides is 2. The van der Waals surface area contributed by atoms with E-state index in [0.717, 1.165) is 12.8 Å². The first-order valence-electron chi connectivity index (χ1n) is 6.85. The Labute approximate surface area is 113 Å². The van der Waals surface area contributed by atoms with Crippen LogP contribution in [0.4, 0.5) is 4.79 Å². The summed E-state index contributed by atoms with van der Waals surface area (Å²) in [6, 6.07) is -0.143. The summed E-state index contributed by atoms with van der Waals surface area (Å²) in [7, 11) is 0. The third kappa shape index (κ3) is 4.38. The van der Waals surface area contributed by atoms with Crippen LogP contribution in [-0.2, 0) is 4.79 Å². The summed E-state index contributed by atoms with van der Waals surface area (Å²) in [6.45, 7) is 4.55. The average molecular weight is 272 g/mol. The van der Waals surface area contributed by atoms with E-state index in [2.05, 4.69) is 5.32 Å². The number of carbonyl (C=O) groups excluding carboxylic acids is 1. The van der Waals surface area contributed by atoms with Crippen LogP contribution in [0.3, 0.4) is 0 Å². The third-order valence-corrected chi connectivity index (χ3v) is 3.70. The van der Waals surface area contributed by atoms with Crippen LogP contribution in [-0.4, -0.2) is 52.9 Å². The van der Waals surface area contributed by atoms with Crippen molar-refractivity contribution >= 4 is 12.0 Å². The Balaban J connectivity index is 2.48. The number of carboxylic acids is 1. The van der Waals surface area contributed by atoms with Crippen molar-refractivity contribution in [3.8, 4) is 0 Å². The van der Waals surface area contributed by atoms with Gasteiger partial charge < -0.3 is 20.4 Å². The molecule has 0 aliphatic carbocycles. The van der Waals surface area contributed by atoms with Crippen molar-refractivity contribution in [1.82, 2.24) is 10.2 Å². The molecule has 2 atom stereocenters. The zero-order chi connectivity index (χ0) is 14.4. The van der Waals surface area contributed by atoms with E-state index < -0.39 is 11.9 Å². The van der Waals surface area contributed by atoms with Crippen LogP contribution in [0.2, 0.25) is 0 Å². The average Bonchev–Trinajstić information content (AvgIpc) is 2.76. The fraction of sp³-hybridized carbons (Fsp3) is 0.846. The van der Waals surface area contributed by atoms with Crippen molar-refractivity contribution in [2.75, 3.05) is 19.7 Å². The van der Waals surface area contributed by atoms with Gasteiger partial charge >= 0.3 is 12.0 Å². The van der Waals surface area contributed by atoms with Gasteiger partial charge in [0.2, 0.25) is 0 Å². The number of aliphatic hydroxyl groups is 1. The second-order valence-corrected chi connectivity index (χ2v) is 5.38. The maximum absolute atomic E-state index is 12.0. The molecular formula is C13H24N2O4. The molecular weight excluding hydrogens is 248 g/mol. The molecule has 0 aromatic carbocycles. The molecule has 0 aromatic heterocycles. The predicted octanol–water partition coefficient (Wildman–Crippen LogP) is 0.900. The third-order valence-electron chi connectivity index (χ3n) is 3.70. The molecule has 0 radical (unpaired) electrons. The van der Waals surface area contributed by atoms with Gasteiger partial charge in [-0.2, -0.15) is 0 Å². The van der Waals surface area contributed by atoms with Gasteiger partial charge in [0.15, 0.2) is 0 Å². The van der Waals surface area contributed by atoms with Gasteiger partial charge in [-0.1, -0.05) is 13.8 Å². The molecule has 1 rings (SSSR count). The molecule has 0 spiro atoms. The van der Waals surface area contributed by atoms with Crippen LogP contribution in [0.5, 0.6) is 0 Å². The molecule has 3 N–H and O–H groups in total. The molecule has 19 heavy (non-hydrogen) atoms. The quantitative estimate of drug-likeness (QED) is 0.670. The van der Waals surface area contributed by atoms with Crippen LogP contribution in [0.15, 0.2) is 0 Å². The molecule has 0 aromatic rings. The number of nitrogens with one attached hydrogen (secondary N) is 1. The topological polar surface area (TPSA) is 89.9 Å². The highest BCUT2D eigenvalue weighted by atomic mass is 16.4. The van der Waals surface area contributed by atoms with Gasteiger partial charge in [0.25, 0.3) is 0 Å². The lowest BCUT2D eigenvalue weighted by molar-refractivity contribution is -0.142. The van der Waals surface area contributed by atoms with Crippen molar-refractivity contribution in [1.29, 1.82) is 0 Å². The normalized spacial score (nSPS) is 20.6. The molecule has 1 heterocycles. The maximum Gasteiger partial charge on any atom is 0.317 e. The van der Waals surface area contributed by atoms with Crippen LogP contribution in [0.25, 0.3) is 0 Å². The molecule has 1 aliphatic rings. The lowest BCUT2D eigenvalue weighted by Gasteiger charge is -2.26. The number of aliphatic hydroxyl groups excluding tert-OH is 1. The smallest absolute Gasteiger partial charge is 0.317 e. The highest BCUT2D eigenvalue weighted by Gasteiger charge is 2.29. The zero-order valence-electron chi connectivity index (χ0n) is 11.6. The van der Waals surface area contributed by atoms with E-state index >= 15 is 0 Å². The number of rotatable bonds is 6. The Morgan fingerprint density at radius 1 is 1.42 bits per heavy atom. The van der Waals surface area contributed by atoms with Gasteiger partial charge in [0, 0.05) is 25.7 Å². The number of carbonyl (C=O) groups is 2. The fourth-order valence-electron chi connectivity index (χ4n) is 2.46. The van der Waals surface area contributed by atoms with Crippen molar-refractivity contribution in [2.24, 2.45) is 11.8 Å². The summed E-state index contributed by atoms with van der Waals surface area (Å²) in [5.74, 6) is -1.48. The Kier molecular flexibility index (Phi) is 6.08. The van der Waals surface area contributed by atoms with Crippen LogP contribution in [0.1, 0.15) is 33.1 Å². The summed E-state index contributed by atoms with van der Waals surface area (Å²) >= 11 is 0. The lowest BCUT2D eigenvalue weighted by Crippen LogP contribution is -2.46. The summed E-state index contributed by atoms with van der Waals surface area (Å²) in [5, 5.41) is 20.7. The first-order chi connectivity index (χ1) is 8.97. The number of carboxylic acid groups (broad SMARTS) is 1. The summed E-state index contributed by atoms with van der Waals surface area (Å²) in [5.41, 5.74) is 0. The van der Waals surface area contributed by atoms with Gasteiger partial charge in [-0.15, -0.1) is 0 Å². The minimum Gasteiger partial charge on any atom is -0.481 e. The van der Waals surface area contributed by atoms with Crippen LogP contribution >= 0.6 is 0 Å². The predicted molar refractivity (Wildman–Crippen MR) is 70.8 cm³/mol. The molecule has 1 fully saturated rings. The highest BCUT2D eigenvalue weighted by molar-refractivity contribution is 5.76. The Morgan fingerprint density at radius 2 is 2.11 bits per heavy atom. The number of urea groups is 1. The van der Waals surface area contributed by atoms with Gasteiger partial charge in [0.1, 0.15) is 0 Å². The Morgan fingerprint density at radius 3 is 2.63 bits per heavy atom. The molecule has 0 saturated carbocycles. The van der Waals surface area contributed by atoms with E-state index in [1.807, 2.05) is 13.8 Å². The first kappa shape index (κ1) is 15.8. The second-order valence-electron chi connectivity index (χ2n) is 5.38. The van der Waals surface area contributed by atoms with Gasteiger partial charge in [-0.25, -0.2) is 4.79 Å². The zero-order valence-corrected chi connectivity index (χ0v) is 11.6. The number of hydrogen-bond donors (Lipinski definition) is 3. The van der Waals surface area contributed by atoms with Gasteiger partial charge in [-0.3, -0.25) is 4.79 Å². The van der Waals surface area contributed by atoms with E-state index in [0.29, 0.717) is 13.0 Å². The molecule has 6 nitrogen and oxygen atoms in total. The number of aliphatic carboxylic acids is 1. The van der Waals surface area contributed by atoms with E-state index in [4.69, 9.17) is 10.2 Å². The van der Waals surface area contributed by atoms with E-state index in [-0.39, 0.29) is 31.1 Å². The number of hydrogen-bond acceptors (Lipinski definition) is 3. The van der Waals surface area contributed by atoms with Gasteiger partial charge in [-0.05, 0) is 25.2 Å². The Bertz CT molecular complexity index is 320. The van der Waals surface area contributed by atoms with E-state index in [9.17, 15) is 9.59 Å². The lowest BCUT2D eigenvalue weighted by atomic mass is 9.96. The largest absolute Gasteiger partial charge is 0.481 e. The standard InChI is InChI=1S/C13H24N2O4/c1-9(2)11(12(17)18)8-14-13(19)15-6-3-4-10(15)5-7-16/h9-11,16H,3-8H2,1-2H3,(H,14,19)(H,17,18). The van der Waals surface area contributed by atoms with Gasteiger partial charge in [0.05, 0.1) is 5.92 Å². The van der Waals surface area contributed by atoms with Crippen molar-refractivity contribution < 1.29 is 19.8 Å². The molecule has 110 valence electrons. The van der Waals surface area contributed by atoms with E-state index in [1.165, 1.54) is 0 Å². The summed E-state index contributed by atoms with van der Waals surface area (Å²) < 4.78 is 0. The molecule has 1 aliphatic heterocycles. The van der Waals surface area contributed by atoms with Crippen LogP contribution in [0, 0.1) is 11.8 Å². The van der Waals surface area contributed by atoms with Crippen molar-refractivity contribution in [3.05, 3.63) is 0 Å². The maximum atomic E-state index is 12.0. The summed E-state index contributed by atoms with van der Waals surface area (Å²) in [6.07, 6.45) is 2.42. The molecule has 1 saturated heterocycles. The molecule has 2 amide bonds. The Hall–Kier alpha value is -1.30. The first-order valence-corrected chi connectivity index (χ1v) is 6.85. The summed E-state index contributed by atoms with van der Waals surface area (Å²) in [4.78, 5) is 24.8. The molecule has 6 heteroatoms. The number of likely N-dealkylation sites (tertiary alicyclic amines) is 1.